The summed E-state index contributed by atoms with van der Waals surface area (Å²) in [7, 11) is 2.12. The fourth-order valence-electron chi connectivity index (χ4n) is 4.84. The first-order chi connectivity index (χ1) is 16.6. The van der Waals surface area contributed by atoms with E-state index in [9.17, 15) is 13.2 Å². The maximum absolute atomic E-state index is 13.0. The maximum atomic E-state index is 13.0. The molecule has 1 atom stereocenters. The van der Waals surface area contributed by atoms with E-state index in [-0.39, 0.29) is 6.79 Å². The summed E-state index contributed by atoms with van der Waals surface area (Å²) in [6, 6.07) is 17.7. The normalized spacial score (nSPS) is 14.1. The van der Waals surface area contributed by atoms with Crippen LogP contribution in [0.1, 0.15) is 48.4 Å². The van der Waals surface area contributed by atoms with Gasteiger partial charge in [0.1, 0.15) is 0 Å². The molecule has 0 saturated heterocycles. The standard InChI is InChI=1S/C29H32F3NO2/c1-19(2)24(14-15-33(4)17-21-8-13-27-28(16-21)35-18-34-27)26-7-5-6-25(20(26)3)22-9-11-23(12-10-22)29(30,31)32/h5-13,16,19,24H,14-15,17-18H2,1-4H3. The van der Waals surface area contributed by atoms with Gasteiger partial charge in [-0.3, -0.25) is 0 Å². The second-order valence-electron chi connectivity index (χ2n) is 9.66. The molecule has 1 heterocycles. The van der Waals surface area contributed by atoms with Crippen molar-refractivity contribution < 1.29 is 22.6 Å². The minimum absolute atomic E-state index is 0.273. The van der Waals surface area contributed by atoms with Crippen molar-refractivity contribution in [1.29, 1.82) is 0 Å². The quantitative estimate of drug-likeness (QED) is 0.328. The Morgan fingerprint density at radius 3 is 2.34 bits per heavy atom. The predicted octanol–water partition coefficient (Wildman–Crippen LogP) is 7.67. The molecule has 0 saturated carbocycles. The summed E-state index contributed by atoms with van der Waals surface area (Å²) >= 11 is 0. The van der Waals surface area contributed by atoms with Gasteiger partial charge in [0.25, 0.3) is 0 Å². The average molecular weight is 484 g/mol. The number of fused-ring (bicyclic) bond motifs is 1. The zero-order valence-corrected chi connectivity index (χ0v) is 20.7. The van der Waals surface area contributed by atoms with Crippen LogP contribution in [0.3, 0.4) is 0 Å². The highest BCUT2D eigenvalue weighted by atomic mass is 19.4. The van der Waals surface area contributed by atoms with Gasteiger partial charge in [0.15, 0.2) is 11.5 Å². The molecule has 1 aliphatic heterocycles. The van der Waals surface area contributed by atoms with Gasteiger partial charge in [0.2, 0.25) is 6.79 Å². The maximum Gasteiger partial charge on any atom is 0.416 e. The topological polar surface area (TPSA) is 21.7 Å². The van der Waals surface area contributed by atoms with E-state index in [4.69, 9.17) is 9.47 Å². The van der Waals surface area contributed by atoms with E-state index in [1.165, 1.54) is 11.1 Å². The number of alkyl halides is 3. The van der Waals surface area contributed by atoms with Crippen molar-refractivity contribution in [2.24, 2.45) is 5.92 Å². The Morgan fingerprint density at radius 1 is 0.943 bits per heavy atom. The lowest BCUT2D eigenvalue weighted by Crippen LogP contribution is -2.22. The molecule has 4 rings (SSSR count). The summed E-state index contributed by atoms with van der Waals surface area (Å²) in [5.41, 5.74) is 4.73. The van der Waals surface area contributed by atoms with Gasteiger partial charge >= 0.3 is 6.18 Å². The van der Waals surface area contributed by atoms with Crippen LogP contribution in [0.25, 0.3) is 11.1 Å². The number of hydrogen-bond donors (Lipinski definition) is 0. The van der Waals surface area contributed by atoms with Gasteiger partial charge in [-0.25, -0.2) is 0 Å². The smallest absolute Gasteiger partial charge is 0.416 e. The molecule has 3 aromatic carbocycles. The second-order valence-corrected chi connectivity index (χ2v) is 9.66. The van der Waals surface area contributed by atoms with E-state index in [0.717, 1.165) is 59.8 Å². The van der Waals surface area contributed by atoms with Crippen molar-refractivity contribution >= 4 is 0 Å². The molecule has 0 fully saturated rings. The van der Waals surface area contributed by atoms with Crippen LogP contribution < -0.4 is 9.47 Å². The number of benzene rings is 3. The summed E-state index contributed by atoms with van der Waals surface area (Å²) in [6.45, 7) is 8.54. The van der Waals surface area contributed by atoms with Crippen LogP contribution in [-0.4, -0.2) is 25.3 Å². The lowest BCUT2D eigenvalue weighted by molar-refractivity contribution is -0.137. The van der Waals surface area contributed by atoms with Crippen molar-refractivity contribution in [1.82, 2.24) is 4.90 Å². The third-order valence-electron chi connectivity index (χ3n) is 6.81. The summed E-state index contributed by atoms with van der Waals surface area (Å²) in [6.07, 6.45) is -3.35. The van der Waals surface area contributed by atoms with Crippen LogP contribution in [0, 0.1) is 12.8 Å². The first-order valence-corrected chi connectivity index (χ1v) is 12.0. The molecule has 0 N–H and O–H groups in total. The van der Waals surface area contributed by atoms with Crippen LogP contribution in [0.4, 0.5) is 13.2 Å². The van der Waals surface area contributed by atoms with E-state index < -0.39 is 11.7 Å². The van der Waals surface area contributed by atoms with Gasteiger partial charge in [0, 0.05) is 6.54 Å². The molecule has 186 valence electrons. The molecule has 0 aliphatic carbocycles. The van der Waals surface area contributed by atoms with E-state index in [1.54, 1.807) is 12.1 Å². The van der Waals surface area contributed by atoms with Crippen LogP contribution in [-0.2, 0) is 12.7 Å². The number of halogens is 3. The van der Waals surface area contributed by atoms with Crippen molar-refractivity contribution in [2.45, 2.75) is 45.8 Å². The minimum Gasteiger partial charge on any atom is -0.454 e. The molecular weight excluding hydrogens is 451 g/mol. The molecule has 3 nitrogen and oxygen atoms in total. The molecule has 1 unspecified atom stereocenters. The van der Waals surface area contributed by atoms with Gasteiger partial charge in [-0.05, 0) is 90.9 Å². The molecule has 0 spiro atoms. The number of rotatable bonds is 8. The Kier molecular flexibility index (Phi) is 7.41. The molecule has 0 aromatic heterocycles. The first-order valence-electron chi connectivity index (χ1n) is 12.0. The highest BCUT2D eigenvalue weighted by molar-refractivity contribution is 5.69. The molecule has 0 amide bonds. The summed E-state index contributed by atoms with van der Waals surface area (Å²) in [5.74, 6) is 2.35. The van der Waals surface area contributed by atoms with Crippen LogP contribution in [0.2, 0.25) is 0 Å². The Bertz CT molecular complexity index is 1160. The molecule has 3 aromatic rings. The van der Waals surface area contributed by atoms with Crippen molar-refractivity contribution in [3.63, 3.8) is 0 Å². The van der Waals surface area contributed by atoms with Crippen molar-refractivity contribution in [2.75, 3.05) is 20.4 Å². The van der Waals surface area contributed by atoms with Gasteiger partial charge in [-0.2, -0.15) is 13.2 Å². The third-order valence-corrected chi connectivity index (χ3v) is 6.81. The first kappa shape index (κ1) is 25.1. The predicted molar refractivity (Wildman–Crippen MR) is 133 cm³/mol. The number of nitrogens with zero attached hydrogens (tertiary/aromatic N) is 1. The van der Waals surface area contributed by atoms with Gasteiger partial charge < -0.3 is 14.4 Å². The molecule has 1 aliphatic rings. The van der Waals surface area contributed by atoms with Gasteiger partial charge in [-0.15, -0.1) is 0 Å². The van der Waals surface area contributed by atoms with Crippen LogP contribution in [0.15, 0.2) is 60.7 Å². The highest BCUT2D eigenvalue weighted by Crippen LogP contribution is 2.37. The number of ether oxygens (including phenoxy) is 2. The zero-order valence-electron chi connectivity index (χ0n) is 20.7. The van der Waals surface area contributed by atoms with Gasteiger partial charge in [-0.1, -0.05) is 50.2 Å². The fourth-order valence-corrected chi connectivity index (χ4v) is 4.84. The van der Waals surface area contributed by atoms with Gasteiger partial charge in [0.05, 0.1) is 5.56 Å². The van der Waals surface area contributed by atoms with E-state index in [0.29, 0.717) is 11.8 Å². The third kappa shape index (κ3) is 5.81. The zero-order chi connectivity index (χ0) is 25.2. The molecule has 6 heteroatoms. The largest absolute Gasteiger partial charge is 0.454 e. The Balaban J connectivity index is 1.48. The van der Waals surface area contributed by atoms with E-state index in [1.807, 2.05) is 24.3 Å². The van der Waals surface area contributed by atoms with Crippen LogP contribution >= 0.6 is 0 Å². The van der Waals surface area contributed by atoms with Crippen LogP contribution in [0.5, 0.6) is 11.5 Å². The minimum atomic E-state index is -4.33. The second kappa shape index (κ2) is 10.3. The highest BCUT2D eigenvalue weighted by Gasteiger charge is 2.30. The summed E-state index contributed by atoms with van der Waals surface area (Å²) in [5, 5.41) is 0. The molecular formula is C29H32F3NO2. The molecule has 0 bridgehead atoms. The van der Waals surface area contributed by atoms with Crippen molar-refractivity contribution in [3.8, 4) is 22.6 Å². The summed E-state index contributed by atoms with van der Waals surface area (Å²) < 4.78 is 49.9. The van der Waals surface area contributed by atoms with E-state index >= 15 is 0 Å². The average Bonchev–Trinajstić information content (AvgIpc) is 3.27. The summed E-state index contributed by atoms with van der Waals surface area (Å²) in [4.78, 5) is 2.31. The fraction of sp³-hybridized carbons (Fsp3) is 0.379. The number of hydrogen-bond acceptors (Lipinski definition) is 3. The molecule has 0 radical (unpaired) electrons. The monoisotopic (exact) mass is 483 g/mol. The lowest BCUT2D eigenvalue weighted by atomic mass is 9.81. The van der Waals surface area contributed by atoms with E-state index in [2.05, 4.69) is 44.9 Å². The van der Waals surface area contributed by atoms with Crippen molar-refractivity contribution in [3.05, 3.63) is 82.9 Å². The lowest BCUT2D eigenvalue weighted by Gasteiger charge is -2.27. The molecule has 35 heavy (non-hydrogen) atoms. The Hall–Kier alpha value is -2.99. The Morgan fingerprint density at radius 2 is 1.66 bits per heavy atom. The SMILES string of the molecule is Cc1c(-c2ccc(C(F)(F)F)cc2)cccc1C(CCN(C)Cc1ccc2c(c1)OCO2)C(C)C. The Labute approximate surface area is 205 Å².